The van der Waals surface area contributed by atoms with Gasteiger partial charge >= 0.3 is 5.97 Å². The van der Waals surface area contributed by atoms with Crippen molar-refractivity contribution in [2.75, 3.05) is 21.1 Å². The standard InChI is InChI=1S/C16H19N2O2.BrH/c1-18(2,3)12-14-15(10-7-11-17-14)20-16(19)13-8-5-4-6-9-13;/h4-11H,12H2,1-3H3;1H/q+1;/p-1. The van der Waals surface area contributed by atoms with Crippen LogP contribution in [0.15, 0.2) is 48.7 Å². The van der Waals surface area contributed by atoms with Crippen LogP contribution in [0.3, 0.4) is 0 Å². The average molecular weight is 351 g/mol. The Kier molecular flexibility index (Phi) is 6.05. The van der Waals surface area contributed by atoms with Gasteiger partial charge in [0.05, 0.1) is 26.7 Å². The summed E-state index contributed by atoms with van der Waals surface area (Å²) in [5.74, 6) is 0.163. The van der Waals surface area contributed by atoms with Gasteiger partial charge in [-0.15, -0.1) is 0 Å². The number of hydrogen-bond acceptors (Lipinski definition) is 3. The number of hydrogen-bond donors (Lipinski definition) is 0. The number of nitrogens with zero attached hydrogens (tertiary/aromatic N) is 2. The largest absolute Gasteiger partial charge is 1.00 e. The first-order valence-corrected chi connectivity index (χ1v) is 6.47. The maximum Gasteiger partial charge on any atom is 0.343 e. The SMILES string of the molecule is C[N+](C)(C)Cc1ncccc1OC(=O)c1ccccc1.[Br-]. The maximum absolute atomic E-state index is 12.1. The molecule has 112 valence electrons. The molecule has 1 aromatic heterocycles. The van der Waals surface area contributed by atoms with Gasteiger partial charge in [-0.2, -0.15) is 0 Å². The highest BCUT2D eigenvalue weighted by Crippen LogP contribution is 2.19. The third-order valence-electron chi connectivity index (χ3n) is 2.68. The molecule has 0 fully saturated rings. The lowest BCUT2D eigenvalue weighted by atomic mass is 10.2. The Balaban J connectivity index is 0.00000220. The fraction of sp³-hybridized carbons (Fsp3) is 0.250. The minimum atomic E-state index is -0.360. The van der Waals surface area contributed by atoms with Crippen molar-refractivity contribution in [3.8, 4) is 5.75 Å². The van der Waals surface area contributed by atoms with E-state index in [0.717, 1.165) is 5.69 Å². The molecule has 0 radical (unpaired) electrons. The molecule has 0 aliphatic heterocycles. The molecule has 1 heterocycles. The Morgan fingerprint density at radius 1 is 1.10 bits per heavy atom. The third-order valence-corrected chi connectivity index (χ3v) is 2.68. The number of halogens is 1. The smallest absolute Gasteiger partial charge is 0.343 e. The number of quaternary nitrogens is 1. The number of pyridine rings is 1. The van der Waals surface area contributed by atoms with Crippen molar-refractivity contribution in [1.29, 1.82) is 0 Å². The number of aromatic nitrogens is 1. The lowest BCUT2D eigenvalue weighted by Crippen LogP contribution is -3.00. The summed E-state index contributed by atoms with van der Waals surface area (Å²) in [5.41, 5.74) is 1.32. The molecular weight excluding hydrogens is 332 g/mol. The van der Waals surface area contributed by atoms with Crippen molar-refractivity contribution in [1.82, 2.24) is 4.98 Å². The fourth-order valence-corrected chi connectivity index (χ4v) is 1.82. The lowest BCUT2D eigenvalue weighted by molar-refractivity contribution is -0.884. The van der Waals surface area contributed by atoms with Gasteiger partial charge in [0.15, 0.2) is 5.75 Å². The van der Waals surface area contributed by atoms with Gasteiger partial charge in [0, 0.05) is 6.20 Å². The molecule has 0 N–H and O–H groups in total. The van der Waals surface area contributed by atoms with Gasteiger partial charge in [-0.1, -0.05) is 18.2 Å². The third kappa shape index (κ3) is 5.28. The van der Waals surface area contributed by atoms with Gasteiger partial charge in [0.1, 0.15) is 12.2 Å². The Bertz CT molecular complexity index is 595. The number of rotatable bonds is 4. The van der Waals surface area contributed by atoms with E-state index in [1.54, 1.807) is 30.5 Å². The average Bonchev–Trinajstić information content (AvgIpc) is 2.40. The summed E-state index contributed by atoms with van der Waals surface area (Å²) in [6.45, 7) is 0.693. The summed E-state index contributed by atoms with van der Waals surface area (Å²) in [6, 6.07) is 12.5. The van der Waals surface area contributed by atoms with Crippen LogP contribution in [0.1, 0.15) is 16.1 Å². The van der Waals surface area contributed by atoms with E-state index in [0.29, 0.717) is 22.3 Å². The van der Waals surface area contributed by atoms with E-state index in [9.17, 15) is 4.79 Å². The van der Waals surface area contributed by atoms with Crippen molar-refractivity contribution in [3.05, 3.63) is 59.9 Å². The summed E-state index contributed by atoms with van der Waals surface area (Å²) in [7, 11) is 6.20. The van der Waals surface area contributed by atoms with Crippen LogP contribution in [0.4, 0.5) is 0 Å². The van der Waals surface area contributed by atoms with Crippen LogP contribution in [0, 0.1) is 0 Å². The van der Waals surface area contributed by atoms with E-state index in [1.807, 2.05) is 18.2 Å². The summed E-state index contributed by atoms with van der Waals surface area (Å²) >= 11 is 0. The second kappa shape index (κ2) is 7.33. The highest BCUT2D eigenvalue weighted by atomic mass is 79.9. The number of esters is 1. The Morgan fingerprint density at radius 2 is 1.76 bits per heavy atom. The second-order valence-electron chi connectivity index (χ2n) is 5.65. The van der Waals surface area contributed by atoms with Gasteiger partial charge < -0.3 is 26.2 Å². The van der Waals surface area contributed by atoms with Gasteiger partial charge in [0.25, 0.3) is 0 Å². The minimum absolute atomic E-state index is 0. The zero-order valence-electron chi connectivity index (χ0n) is 12.4. The van der Waals surface area contributed by atoms with E-state index in [2.05, 4.69) is 26.1 Å². The van der Waals surface area contributed by atoms with Crippen molar-refractivity contribution in [2.24, 2.45) is 0 Å². The van der Waals surface area contributed by atoms with E-state index in [1.165, 1.54) is 0 Å². The van der Waals surface area contributed by atoms with Gasteiger partial charge in [-0.25, -0.2) is 4.79 Å². The summed E-state index contributed by atoms with van der Waals surface area (Å²) in [4.78, 5) is 16.4. The normalized spacial score (nSPS) is 10.6. The van der Waals surface area contributed by atoms with Gasteiger partial charge in [-0.3, -0.25) is 4.98 Å². The molecule has 0 aliphatic rings. The van der Waals surface area contributed by atoms with Crippen LogP contribution in [0.5, 0.6) is 5.75 Å². The summed E-state index contributed by atoms with van der Waals surface area (Å²) in [6.07, 6.45) is 1.71. The molecule has 0 saturated heterocycles. The Labute approximate surface area is 135 Å². The molecule has 2 aromatic rings. The minimum Gasteiger partial charge on any atom is -1.00 e. The van der Waals surface area contributed by atoms with Crippen molar-refractivity contribution >= 4 is 5.97 Å². The molecule has 4 nitrogen and oxygen atoms in total. The summed E-state index contributed by atoms with van der Waals surface area (Å²) in [5, 5.41) is 0. The van der Waals surface area contributed by atoms with Crippen molar-refractivity contribution < 1.29 is 31.0 Å². The predicted molar refractivity (Wildman–Crippen MR) is 77.4 cm³/mol. The van der Waals surface area contributed by atoms with Crippen LogP contribution >= 0.6 is 0 Å². The molecule has 0 aliphatic carbocycles. The Morgan fingerprint density at radius 3 is 2.38 bits per heavy atom. The highest BCUT2D eigenvalue weighted by molar-refractivity contribution is 5.91. The predicted octanol–water partition coefficient (Wildman–Crippen LogP) is -0.489. The quantitative estimate of drug-likeness (QED) is 0.551. The Hall–Kier alpha value is -1.72. The molecule has 0 unspecified atom stereocenters. The molecule has 0 amide bonds. The number of benzene rings is 1. The molecule has 1 aromatic carbocycles. The molecule has 0 saturated carbocycles. The molecule has 0 atom stereocenters. The number of ether oxygens (including phenoxy) is 1. The molecular formula is C16H19BrN2O2. The molecule has 2 rings (SSSR count). The lowest BCUT2D eigenvalue weighted by Gasteiger charge is -2.24. The van der Waals surface area contributed by atoms with Crippen LogP contribution in [-0.2, 0) is 6.54 Å². The first-order chi connectivity index (χ1) is 9.46. The maximum atomic E-state index is 12.1. The molecule has 21 heavy (non-hydrogen) atoms. The number of carbonyl (C=O) groups excluding carboxylic acids is 1. The van der Waals surface area contributed by atoms with E-state index >= 15 is 0 Å². The summed E-state index contributed by atoms with van der Waals surface area (Å²) < 4.78 is 6.18. The van der Waals surface area contributed by atoms with Crippen LogP contribution in [0.2, 0.25) is 0 Å². The van der Waals surface area contributed by atoms with Crippen LogP contribution < -0.4 is 21.7 Å². The molecule has 5 heteroatoms. The molecule has 0 spiro atoms. The van der Waals surface area contributed by atoms with Crippen LogP contribution in [0.25, 0.3) is 0 Å². The fourth-order valence-electron chi connectivity index (χ4n) is 1.82. The number of carbonyl (C=O) groups is 1. The molecule has 0 bridgehead atoms. The monoisotopic (exact) mass is 350 g/mol. The zero-order chi connectivity index (χ0) is 14.6. The van der Waals surface area contributed by atoms with Gasteiger partial charge in [0.2, 0.25) is 0 Å². The first kappa shape index (κ1) is 17.3. The van der Waals surface area contributed by atoms with Crippen LogP contribution in [-0.4, -0.2) is 36.6 Å². The second-order valence-corrected chi connectivity index (χ2v) is 5.65. The van der Waals surface area contributed by atoms with E-state index in [4.69, 9.17) is 4.74 Å². The van der Waals surface area contributed by atoms with Gasteiger partial charge in [-0.05, 0) is 24.3 Å². The first-order valence-electron chi connectivity index (χ1n) is 6.47. The van der Waals surface area contributed by atoms with Crippen molar-refractivity contribution in [2.45, 2.75) is 6.54 Å². The van der Waals surface area contributed by atoms with E-state index < -0.39 is 0 Å². The topological polar surface area (TPSA) is 39.2 Å². The highest BCUT2D eigenvalue weighted by Gasteiger charge is 2.17. The van der Waals surface area contributed by atoms with Crippen molar-refractivity contribution in [3.63, 3.8) is 0 Å². The zero-order valence-corrected chi connectivity index (χ0v) is 14.0. The van der Waals surface area contributed by atoms with E-state index in [-0.39, 0.29) is 23.0 Å².